The molecule has 1 amide bonds. The molecule has 3 nitrogen and oxygen atoms in total. The van der Waals surface area contributed by atoms with Crippen molar-refractivity contribution in [2.75, 3.05) is 25.5 Å². The number of hydrogen-bond acceptors (Lipinski definition) is 2. The molecule has 0 fully saturated rings. The first kappa shape index (κ1) is 15.0. The minimum Gasteiger partial charge on any atom is -0.378 e. The van der Waals surface area contributed by atoms with Gasteiger partial charge in [-0.2, -0.15) is 0 Å². The number of alkyl halides is 1. The molecule has 1 rings (SSSR count). The molecular weight excluding hydrogens is 292 g/mol. The van der Waals surface area contributed by atoms with E-state index in [0.717, 1.165) is 25.1 Å². The van der Waals surface area contributed by atoms with Crippen molar-refractivity contribution in [3.05, 3.63) is 29.8 Å². The van der Waals surface area contributed by atoms with Crippen LogP contribution in [0.2, 0.25) is 0 Å². The van der Waals surface area contributed by atoms with Gasteiger partial charge in [0, 0.05) is 36.7 Å². The van der Waals surface area contributed by atoms with Crippen LogP contribution in [-0.2, 0) is 0 Å². The van der Waals surface area contributed by atoms with E-state index < -0.39 is 0 Å². The molecule has 0 saturated carbocycles. The summed E-state index contributed by atoms with van der Waals surface area (Å²) in [5.74, 6) is 0.000857. The monoisotopic (exact) mass is 312 g/mol. The van der Waals surface area contributed by atoms with Crippen molar-refractivity contribution in [2.24, 2.45) is 0 Å². The SMILES string of the molecule is CC(Br)CCCNC(=O)c1cccc(N(C)C)c1. The van der Waals surface area contributed by atoms with Crippen molar-refractivity contribution in [2.45, 2.75) is 24.6 Å². The van der Waals surface area contributed by atoms with Gasteiger partial charge in [-0.3, -0.25) is 4.79 Å². The Labute approximate surface area is 118 Å². The van der Waals surface area contributed by atoms with Gasteiger partial charge in [0.05, 0.1) is 0 Å². The molecule has 4 heteroatoms. The van der Waals surface area contributed by atoms with E-state index >= 15 is 0 Å². The van der Waals surface area contributed by atoms with E-state index in [1.54, 1.807) is 0 Å². The number of hydrogen-bond donors (Lipinski definition) is 1. The predicted molar refractivity (Wildman–Crippen MR) is 80.7 cm³/mol. The van der Waals surface area contributed by atoms with Crippen LogP contribution in [0.4, 0.5) is 5.69 Å². The molecular formula is C14H21BrN2O. The largest absolute Gasteiger partial charge is 0.378 e. The number of amides is 1. The zero-order valence-electron chi connectivity index (χ0n) is 11.2. The third-order valence-corrected chi connectivity index (χ3v) is 3.15. The molecule has 0 saturated heterocycles. The Bertz CT molecular complexity index is 391. The lowest BCUT2D eigenvalue weighted by Crippen LogP contribution is -2.25. The van der Waals surface area contributed by atoms with Gasteiger partial charge in [0.15, 0.2) is 0 Å². The van der Waals surface area contributed by atoms with Crippen molar-refractivity contribution in [3.8, 4) is 0 Å². The van der Waals surface area contributed by atoms with Gasteiger partial charge in [-0.1, -0.05) is 28.9 Å². The zero-order valence-corrected chi connectivity index (χ0v) is 12.8. The first-order valence-corrected chi connectivity index (χ1v) is 7.12. The van der Waals surface area contributed by atoms with Gasteiger partial charge in [0.2, 0.25) is 0 Å². The molecule has 1 N–H and O–H groups in total. The van der Waals surface area contributed by atoms with Crippen LogP contribution in [-0.4, -0.2) is 31.4 Å². The Kier molecular flexibility index (Phi) is 6.19. The molecule has 0 aliphatic rings. The van der Waals surface area contributed by atoms with Crippen molar-refractivity contribution >= 4 is 27.5 Å². The molecule has 0 aliphatic carbocycles. The smallest absolute Gasteiger partial charge is 0.251 e. The lowest BCUT2D eigenvalue weighted by atomic mass is 10.1. The fraction of sp³-hybridized carbons (Fsp3) is 0.500. The van der Waals surface area contributed by atoms with Crippen LogP contribution in [0.3, 0.4) is 0 Å². The van der Waals surface area contributed by atoms with E-state index in [0.29, 0.717) is 10.4 Å². The summed E-state index contributed by atoms with van der Waals surface area (Å²) in [6.07, 6.45) is 2.06. The van der Waals surface area contributed by atoms with Crippen LogP contribution in [0.5, 0.6) is 0 Å². The average Bonchev–Trinajstić information content (AvgIpc) is 2.34. The number of rotatable bonds is 6. The van der Waals surface area contributed by atoms with Crippen LogP contribution >= 0.6 is 15.9 Å². The van der Waals surface area contributed by atoms with Crippen LogP contribution < -0.4 is 10.2 Å². The zero-order chi connectivity index (χ0) is 13.5. The lowest BCUT2D eigenvalue weighted by Gasteiger charge is -2.13. The first-order valence-electron chi connectivity index (χ1n) is 6.20. The van der Waals surface area contributed by atoms with Crippen LogP contribution in [0.25, 0.3) is 0 Å². The second-order valence-corrected chi connectivity index (χ2v) is 6.19. The Morgan fingerprint density at radius 3 is 2.78 bits per heavy atom. The van der Waals surface area contributed by atoms with Crippen molar-refractivity contribution in [1.82, 2.24) is 5.32 Å². The third-order valence-electron chi connectivity index (χ3n) is 2.69. The summed E-state index contributed by atoms with van der Waals surface area (Å²) < 4.78 is 0. The molecule has 100 valence electrons. The molecule has 1 aromatic rings. The van der Waals surface area contributed by atoms with E-state index in [-0.39, 0.29) is 5.91 Å². The van der Waals surface area contributed by atoms with Crippen molar-refractivity contribution in [1.29, 1.82) is 0 Å². The third kappa shape index (κ3) is 5.08. The molecule has 18 heavy (non-hydrogen) atoms. The highest BCUT2D eigenvalue weighted by Crippen LogP contribution is 2.13. The van der Waals surface area contributed by atoms with Gasteiger partial charge >= 0.3 is 0 Å². The van der Waals surface area contributed by atoms with E-state index in [9.17, 15) is 4.79 Å². The number of nitrogens with zero attached hydrogens (tertiary/aromatic N) is 1. The number of benzene rings is 1. The molecule has 0 radical (unpaired) electrons. The first-order chi connectivity index (χ1) is 8.50. The number of halogens is 1. The highest BCUT2D eigenvalue weighted by Gasteiger charge is 2.06. The summed E-state index contributed by atoms with van der Waals surface area (Å²) in [5, 5.41) is 2.94. The van der Waals surface area contributed by atoms with E-state index in [1.807, 2.05) is 43.3 Å². The maximum Gasteiger partial charge on any atom is 0.251 e. The Balaban J connectivity index is 2.48. The Morgan fingerprint density at radius 2 is 2.17 bits per heavy atom. The van der Waals surface area contributed by atoms with Crippen molar-refractivity contribution < 1.29 is 4.79 Å². The quantitative estimate of drug-likeness (QED) is 0.647. The highest BCUT2D eigenvalue weighted by molar-refractivity contribution is 9.09. The fourth-order valence-corrected chi connectivity index (χ4v) is 1.94. The van der Waals surface area contributed by atoms with Gasteiger partial charge in [0.25, 0.3) is 5.91 Å². The Hall–Kier alpha value is -1.03. The molecule has 0 spiro atoms. The maximum absolute atomic E-state index is 11.9. The summed E-state index contributed by atoms with van der Waals surface area (Å²) >= 11 is 3.49. The van der Waals surface area contributed by atoms with Crippen LogP contribution in [0.1, 0.15) is 30.1 Å². The second kappa shape index (κ2) is 7.41. The minimum atomic E-state index is 0.000857. The van der Waals surface area contributed by atoms with Gasteiger partial charge in [-0.05, 0) is 31.0 Å². The summed E-state index contributed by atoms with van der Waals surface area (Å²) in [7, 11) is 3.93. The van der Waals surface area contributed by atoms with Gasteiger partial charge < -0.3 is 10.2 Å². The highest BCUT2D eigenvalue weighted by atomic mass is 79.9. The topological polar surface area (TPSA) is 32.3 Å². The number of anilines is 1. The van der Waals surface area contributed by atoms with Gasteiger partial charge in [0.1, 0.15) is 0 Å². The van der Waals surface area contributed by atoms with Crippen LogP contribution in [0, 0.1) is 0 Å². The van der Waals surface area contributed by atoms with Gasteiger partial charge in [-0.15, -0.1) is 0 Å². The van der Waals surface area contributed by atoms with E-state index in [4.69, 9.17) is 0 Å². The fourth-order valence-electron chi connectivity index (χ4n) is 1.61. The molecule has 0 bridgehead atoms. The Morgan fingerprint density at radius 1 is 1.44 bits per heavy atom. The maximum atomic E-state index is 11.9. The molecule has 0 heterocycles. The number of nitrogens with one attached hydrogen (secondary N) is 1. The molecule has 1 aromatic carbocycles. The summed E-state index contributed by atoms with van der Waals surface area (Å²) in [5.41, 5.74) is 1.75. The minimum absolute atomic E-state index is 0.000857. The average molecular weight is 313 g/mol. The molecule has 0 aromatic heterocycles. The normalized spacial score (nSPS) is 12.0. The number of carbonyl (C=O) groups excluding carboxylic acids is 1. The van der Waals surface area contributed by atoms with E-state index in [2.05, 4.69) is 28.2 Å². The molecule has 1 unspecified atom stereocenters. The summed E-state index contributed by atoms with van der Waals surface area (Å²) in [6, 6.07) is 7.64. The summed E-state index contributed by atoms with van der Waals surface area (Å²) in [6.45, 7) is 2.84. The molecule has 1 atom stereocenters. The molecule has 0 aliphatic heterocycles. The second-order valence-electron chi connectivity index (χ2n) is 4.62. The lowest BCUT2D eigenvalue weighted by molar-refractivity contribution is 0.0953. The van der Waals surface area contributed by atoms with E-state index in [1.165, 1.54) is 0 Å². The standard InChI is InChI=1S/C14H21BrN2O/c1-11(15)6-5-9-16-14(18)12-7-4-8-13(10-12)17(2)3/h4,7-8,10-11H,5-6,9H2,1-3H3,(H,16,18). The summed E-state index contributed by atoms with van der Waals surface area (Å²) in [4.78, 5) is 14.4. The van der Waals surface area contributed by atoms with Gasteiger partial charge in [-0.25, -0.2) is 0 Å². The number of carbonyl (C=O) groups is 1. The van der Waals surface area contributed by atoms with Crippen LogP contribution in [0.15, 0.2) is 24.3 Å². The van der Waals surface area contributed by atoms with Crippen molar-refractivity contribution in [3.63, 3.8) is 0 Å². The predicted octanol–water partition coefficient (Wildman–Crippen LogP) is 3.05.